The summed E-state index contributed by atoms with van der Waals surface area (Å²) in [4.78, 5) is 0. The second kappa shape index (κ2) is 4.68. The summed E-state index contributed by atoms with van der Waals surface area (Å²) in [5.74, 6) is 0.526. The van der Waals surface area contributed by atoms with Crippen molar-refractivity contribution in [3.63, 3.8) is 0 Å². The van der Waals surface area contributed by atoms with E-state index in [-0.39, 0.29) is 17.4 Å². The van der Waals surface area contributed by atoms with E-state index in [2.05, 4.69) is 0 Å². The molecule has 0 bridgehead atoms. The SMILES string of the molecule is CC(c1ccc(O)cc1)c1ccc(O)cc1Cl. The molecule has 2 nitrogen and oxygen atoms in total. The molecular weight excluding hydrogens is 236 g/mol. The van der Waals surface area contributed by atoms with Gasteiger partial charge in [-0.3, -0.25) is 0 Å². The van der Waals surface area contributed by atoms with E-state index in [0.717, 1.165) is 11.1 Å². The van der Waals surface area contributed by atoms with Gasteiger partial charge in [-0.1, -0.05) is 36.7 Å². The number of phenols is 2. The predicted octanol–water partition coefficient (Wildman–Crippen LogP) is 3.90. The van der Waals surface area contributed by atoms with E-state index >= 15 is 0 Å². The van der Waals surface area contributed by atoms with Crippen LogP contribution < -0.4 is 0 Å². The largest absolute Gasteiger partial charge is 0.508 e. The van der Waals surface area contributed by atoms with E-state index in [9.17, 15) is 10.2 Å². The van der Waals surface area contributed by atoms with Gasteiger partial charge in [0.1, 0.15) is 11.5 Å². The second-order valence-corrected chi connectivity index (χ2v) is 4.43. The molecule has 0 radical (unpaired) electrons. The average molecular weight is 249 g/mol. The summed E-state index contributed by atoms with van der Waals surface area (Å²) in [5.41, 5.74) is 2.02. The van der Waals surface area contributed by atoms with Crippen LogP contribution in [0.2, 0.25) is 5.02 Å². The van der Waals surface area contributed by atoms with Crippen molar-refractivity contribution in [2.45, 2.75) is 12.8 Å². The maximum absolute atomic E-state index is 9.31. The van der Waals surface area contributed by atoms with Gasteiger partial charge < -0.3 is 10.2 Å². The zero-order valence-corrected chi connectivity index (χ0v) is 10.1. The summed E-state index contributed by atoms with van der Waals surface area (Å²) in [7, 11) is 0. The number of phenolic OH excluding ortho intramolecular Hbond substituents is 2. The van der Waals surface area contributed by atoms with Gasteiger partial charge in [0, 0.05) is 10.9 Å². The van der Waals surface area contributed by atoms with Crippen LogP contribution in [0.3, 0.4) is 0 Å². The van der Waals surface area contributed by atoms with E-state index in [4.69, 9.17) is 11.6 Å². The number of hydrogen-bond donors (Lipinski definition) is 2. The van der Waals surface area contributed by atoms with Gasteiger partial charge in [0.05, 0.1) is 0 Å². The van der Waals surface area contributed by atoms with Gasteiger partial charge in [0.2, 0.25) is 0 Å². The number of rotatable bonds is 2. The highest BCUT2D eigenvalue weighted by atomic mass is 35.5. The highest BCUT2D eigenvalue weighted by molar-refractivity contribution is 6.31. The van der Waals surface area contributed by atoms with Crippen LogP contribution in [0.1, 0.15) is 24.0 Å². The van der Waals surface area contributed by atoms with Gasteiger partial charge in [-0.25, -0.2) is 0 Å². The van der Waals surface area contributed by atoms with Crippen molar-refractivity contribution in [3.05, 3.63) is 58.6 Å². The van der Waals surface area contributed by atoms with Crippen molar-refractivity contribution in [2.24, 2.45) is 0 Å². The Kier molecular flexibility index (Phi) is 3.25. The number of halogens is 1. The highest BCUT2D eigenvalue weighted by Gasteiger charge is 2.12. The van der Waals surface area contributed by atoms with Crippen molar-refractivity contribution in [1.29, 1.82) is 0 Å². The lowest BCUT2D eigenvalue weighted by Crippen LogP contribution is -1.96. The van der Waals surface area contributed by atoms with Crippen molar-refractivity contribution in [2.75, 3.05) is 0 Å². The topological polar surface area (TPSA) is 40.5 Å². The molecule has 17 heavy (non-hydrogen) atoms. The standard InChI is InChI=1S/C14H13ClO2/c1-9(10-2-4-11(16)5-3-10)13-7-6-12(17)8-14(13)15/h2-9,16-17H,1H3. The summed E-state index contributed by atoms with van der Waals surface area (Å²) >= 11 is 6.10. The normalized spacial score (nSPS) is 12.4. The first-order valence-electron chi connectivity index (χ1n) is 5.35. The molecule has 0 aliphatic heterocycles. The van der Waals surface area contributed by atoms with Crippen molar-refractivity contribution >= 4 is 11.6 Å². The summed E-state index contributed by atoms with van der Waals surface area (Å²) in [6, 6.07) is 12.0. The first kappa shape index (κ1) is 11.8. The maximum atomic E-state index is 9.31. The van der Waals surface area contributed by atoms with Crippen LogP contribution in [0.15, 0.2) is 42.5 Å². The zero-order chi connectivity index (χ0) is 12.4. The van der Waals surface area contributed by atoms with Gasteiger partial charge in [-0.05, 0) is 35.4 Å². The molecule has 1 atom stereocenters. The van der Waals surface area contributed by atoms with Crippen molar-refractivity contribution < 1.29 is 10.2 Å². The molecule has 0 saturated heterocycles. The average Bonchev–Trinajstić information content (AvgIpc) is 2.29. The molecule has 3 heteroatoms. The molecule has 2 rings (SSSR count). The summed E-state index contributed by atoms with van der Waals surface area (Å²) in [6.07, 6.45) is 0. The maximum Gasteiger partial charge on any atom is 0.117 e. The fourth-order valence-electron chi connectivity index (χ4n) is 1.81. The third kappa shape index (κ3) is 2.53. The van der Waals surface area contributed by atoms with Gasteiger partial charge in [0.25, 0.3) is 0 Å². The van der Waals surface area contributed by atoms with Crippen LogP contribution in [-0.4, -0.2) is 10.2 Å². The van der Waals surface area contributed by atoms with E-state index in [1.807, 2.05) is 25.1 Å². The summed E-state index contributed by atoms with van der Waals surface area (Å²) in [6.45, 7) is 2.03. The minimum atomic E-state index is 0.115. The van der Waals surface area contributed by atoms with E-state index < -0.39 is 0 Å². The number of aromatic hydroxyl groups is 2. The molecule has 0 aliphatic carbocycles. The molecule has 2 N–H and O–H groups in total. The molecule has 0 aliphatic rings. The monoisotopic (exact) mass is 248 g/mol. The molecule has 2 aromatic rings. The Hall–Kier alpha value is -1.67. The fraction of sp³-hybridized carbons (Fsp3) is 0.143. The van der Waals surface area contributed by atoms with Crippen LogP contribution in [-0.2, 0) is 0 Å². The lowest BCUT2D eigenvalue weighted by Gasteiger charge is -2.14. The Balaban J connectivity index is 2.36. The molecule has 0 amide bonds. The highest BCUT2D eigenvalue weighted by Crippen LogP contribution is 2.32. The Labute approximate surface area is 105 Å². The first-order valence-corrected chi connectivity index (χ1v) is 5.73. The van der Waals surface area contributed by atoms with Gasteiger partial charge >= 0.3 is 0 Å². The Morgan fingerprint density at radius 2 is 1.53 bits per heavy atom. The molecule has 0 fully saturated rings. The molecule has 2 aromatic carbocycles. The minimum absolute atomic E-state index is 0.115. The lowest BCUT2D eigenvalue weighted by molar-refractivity contribution is 0.475. The van der Waals surface area contributed by atoms with Crippen LogP contribution >= 0.6 is 11.6 Å². The van der Waals surface area contributed by atoms with E-state index in [0.29, 0.717) is 5.02 Å². The second-order valence-electron chi connectivity index (χ2n) is 4.02. The molecule has 88 valence electrons. The van der Waals surface area contributed by atoms with E-state index in [1.165, 1.54) is 6.07 Å². The molecule has 0 spiro atoms. The van der Waals surface area contributed by atoms with Gasteiger partial charge in [-0.15, -0.1) is 0 Å². The van der Waals surface area contributed by atoms with Crippen LogP contribution in [0.4, 0.5) is 0 Å². The van der Waals surface area contributed by atoms with Gasteiger partial charge in [0.15, 0.2) is 0 Å². The Bertz CT molecular complexity index is 520. The van der Waals surface area contributed by atoms with Crippen LogP contribution in [0.5, 0.6) is 11.5 Å². The summed E-state index contributed by atoms with van der Waals surface area (Å²) in [5, 5.41) is 19.1. The smallest absolute Gasteiger partial charge is 0.117 e. The quantitative estimate of drug-likeness (QED) is 0.846. The van der Waals surface area contributed by atoms with E-state index in [1.54, 1.807) is 18.2 Å². The lowest BCUT2D eigenvalue weighted by atomic mass is 9.93. The zero-order valence-electron chi connectivity index (χ0n) is 9.39. The number of benzene rings is 2. The molecule has 0 saturated carbocycles. The third-order valence-corrected chi connectivity index (χ3v) is 3.17. The van der Waals surface area contributed by atoms with Crippen LogP contribution in [0.25, 0.3) is 0 Å². The van der Waals surface area contributed by atoms with Crippen molar-refractivity contribution in [1.82, 2.24) is 0 Å². The molecule has 0 heterocycles. The van der Waals surface area contributed by atoms with Crippen molar-refractivity contribution in [3.8, 4) is 11.5 Å². The first-order chi connectivity index (χ1) is 8.08. The molecular formula is C14H13ClO2. The van der Waals surface area contributed by atoms with Crippen LogP contribution in [0, 0.1) is 0 Å². The number of hydrogen-bond acceptors (Lipinski definition) is 2. The minimum Gasteiger partial charge on any atom is -0.508 e. The fourth-order valence-corrected chi connectivity index (χ4v) is 2.15. The van der Waals surface area contributed by atoms with Gasteiger partial charge in [-0.2, -0.15) is 0 Å². The Morgan fingerprint density at radius 3 is 2.12 bits per heavy atom. The molecule has 0 aromatic heterocycles. The predicted molar refractivity (Wildman–Crippen MR) is 68.7 cm³/mol. The Morgan fingerprint density at radius 1 is 0.941 bits per heavy atom. The summed E-state index contributed by atoms with van der Waals surface area (Å²) < 4.78 is 0. The molecule has 1 unspecified atom stereocenters. The third-order valence-electron chi connectivity index (χ3n) is 2.84.